The second-order valence-electron chi connectivity index (χ2n) is 3.72. The first-order valence-corrected chi connectivity index (χ1v) is 6.88. The molecule has 0 atom stereocenters. The van der Waals surface area contributed by atoms with Crippen LogP contribution in [0.1, 0.15) is 5.56 Å². The van der Waals surface area contributed by atoms with Gasteiger partial charge in [-0.1, -0.05) is 42.1 Å². The van der Waals surface area contributed by atoms with Crippen LogP contribution in [-0.4, -0.2) is 30.0 Å². The summed E-state index contributed by atoms with van der Waals surface area (Å²) in [7, 11) is 1.20. The van der Waals surface area contributed by atoms with Crippen LogP contribution in [-0.2, 0) is 20.7 Å². The van der Waals surface area contributed by atoms with Crippen LogP contribution in [0, 0.1) is 0 Å². The molecule has 20 heavy (non-hydrogen) atoms. The third-order valence-electron chi connectivity index (χ3n) is 2.26. The van der Waals surface area contributed by atoms with Gasteiger partial charge in [0.15, 0.2) is 0 Å². The fraction of sp³-hybridized carbons (Fsp3) is 0.214. The van der Waals surface area contributed by atoms with Gasteiger partial charge in [-0.25, -0.2) is 4.79 Å². The highest BCUT2D eigenvalue weighted by atomic mass is 32.2. The van der Waals surface area contributed by atoms with E-state index in [-0.39, 0.29) is 0 Å². The van der Waals surface area contributed by atoms with E-state index in [2.05, 4.69) is 10.1 Å². The zero-order chi connectivity index (χ0) is 14.8. The van der Waals surface area contributed by atoms with Crippen LogP contribution < -0.4 is 5.32 Å². The van der Waals surface area contributed by atoms with E-state index in [9.17, 15) is 14.4 Å². The molecule has 0 heterocycles. The van der Waals surface area contributed by atoms with Crippen molar-refractivity contribution in [1.29, 1.82) is 0 Å². The lowest BCUT2D eigenvalue weighted by atomic mass is 10.2. The number of thioether (sulfide) groups is 1. The zero-order valence-electron chi connectivity index (χ0n) is 11.0. The summed E-state index contributed by atoms with van der Waals surface area (Å²) in [5.41, 5.74) is 1.13. The molecule has 2 amide bonds. The average molecular weight is 293 g/mol. The standard InChI is InChI=1S/C14H15NO4S/c1-19-13(17)8-7-12(16)15-14(18)20-10-9-11-5-3-2-4-6-11/h2-8H,9-10H2,1H3,(H,15,16,18)/b8-7+. The van der Waals surface area contributed by atoms with Crippen molar-refractivity contribution < 1.29 is 19.1 Å². The van der Waals surface area contributed by atoms with E-state index in [4.69, 9.17) is 0 Å². The summed E-state index contributed by atoms with van der Waals surface area (Å²) in [4.78, 5) is 33.5. The van der Waals surface area contributed by atoms with Crippen LogP contribution in [0.4, 0.5) is 4.79 Å². The molecular formula is C14H15NO4S. The van der Waals surface area contributed by atoms with E-state index in [0.29, 0.717) is 5.75 Å². The Morgan fingerprint density at radius 2 is 1.90 bits per heavy atom. The van der Waals surface area contributed by atoms with Gasteiger partial charge in [-0.2, -0.15) is 0 Å². The molecule has 1 aromatic carbocycles. The summed E-state index contributed by atoms with van der Waals surface area (Å²) < 4.78 is 4.32. The second kappa shape index (κ2) is 8.92. The first-order chi connectivity index (χ1) is 9.61. The maximum Gasteiger partial charge on any atom is 0.330 e. The smallest absolute Gasteiger partial charge is 0.330 e. The molecule has 5 nitrogen and oxygen atoms in total. The number of rotatable bonds is 5. The van der Waals surface area contributed by atoms with Gasteiger partial charge in [0.05, 0.1) is 7.11 Å². The lowest BCUT2D eigenvalue weighted by Gasteiger charge is -2.01. The van der Waals surface area contributed by atoms with Crippen molar-refractivity contribution in [3.8, 4) is 0 Å². The van der Waals surface area contributed by atoms with Gasteiger partial charge in [0.2, 0.25) is 0 Å². The summed E-state index contributed by atoms with van der Waals surface area (Å²) in [5, 5.41) is 1.69. The van der Waals surface area contributed by atoms with Crippen LogP contribution >= 0.6 is 11.8 Å². The minimum Gasteiger partial charge on any atom is -0.466 e. The van der Waals surface area contributed by atoms with Crippen molar-refractivity contribution in [3.63, 3.8) is 0 Å². The Balaban J connectivity index is 2.25. The number of imide groups is 1. The molecule has 1 rings (SSSR count). The van der Waals surface area contributed by atoms with Crippen molar-refractivity contribution >= 4 is 28.9 Å². The molecule has 0 fully saturated rings. The Bertz CT molecular complexity index is 499. The molecule has 1 N–H and O–H groups in total. The third-order valence-corrected chi connectivity index (χ3v) is 3.04. The highest BCUT2D eigenvalue weighted by molar-refractivity contribution is 8.13. The van der Waals surface area contributed by atoms with E-state index in [1.165, 1.54) is 7.11 Å². The fourth-order valence-electron chi connectivity index (χ4n) is 1.30. The van der Waals surface area contributed by atoms with E-state index in [1.807, 2.05) is 30.3 Å². The SMILES string of the molecule is COC(=O)/C=C/C(=O)NC(=O)SCCc1ccccc1. The summed E-state index contributed by atoms with van der Waals surface area (Å²) in [5.74, 6) is -0.721. The second-order valence-corrected chi connectivity index (χ2v) is 4.78. The van der Waals surface area contributed by atoms with E-state index in [1.54, 1.807) is 0 Å². The monoisotopic (exact) mass is 293 g/mol. The summed E-state index contributed by atoms with van der Waals surface area (Å²) >= 11 is 1.02. The van der Waals surface area contributed by atoms with Crippen LogP contribution in [0.3, 0.4) is 0 Å². The van der Waals surface area contributed by atoms with Gasteiger partial charge >= 0.3 is 5.97 Å². The number of amides is 2. The van der Waals surface area contributed by atoms with Gasteiger partial charge in [0.1, 0.15) is 0 Å². The van der Waals surface area contributed by atoms with Crippen LogP contribution in [0.5, 0.6) is 0 Å². The lowest BCUT2D eigenvalue weighted by Crippen LogP contribution is -2.25. The summed E-state index contributed by atoms with van der Waals surface area (Å²) in [6, 6.07) is 9.74. The van der Waals surface area contributed by atoms with Crippen molar-refractivity contribution in [1.82, 2.24) is 5.32 Å². The normalized spacial score (nSPS) is 10.2. The molecule has 0 radical (unpaired) electrons. The van der Waals surface area contributed by atoms with Crippen LogP contribution in [0.15, 0.2) is 42.5 Å². The van der Waals surface area contributed by atoms with Gasteiger partial charge < -0.3 is 4.74 Å². The largest absolute Gasteiger partial charge is 0.466 e. The molecule has 0 saturated heterocycles. The van der Waals surface area contributed by atoms with Crippen molar-refractivity contribution in [2.75, 3.05) is 12.9 Å². The van der Waals surface area contributed by atoms with Gasteiger partial charge in [-0.3, -0.25) is 14.9 Å². The van der Waals surface area contributed by atoms with E-state index in [0.717, 1.165) is 35.9 Å². The first kappa shape index (κ1) is 16.0. The molecule has 0 spiro atoms. The van der Waals surface area contributed by atoms with E-state index >= 15 is 0 Å². The third kappa shape index (κ3) is 6.75. The first-order valence-electron chi connectivity index (χ1n) is 5.89. The molecule has 0 unspecified atom stereocenters. The summed E-state index contributed by atoms with van der Waals surface area (Å²) in [6.07, 6.45) is 2.66. The molecule has 0 aromatic heterocycles. The Hall–Kier alpha value is -2.08. The Morgan fingerprint density at radius 3 is 2.55 bits per heavy atom. The number of hydrogen-bond acceptors (Lipinski definition) is 5. The zero-order valence-corrected chi connectivity index (χ0v) is 11.8. The number of carbonyl (C=O) groups is 3. The van der Waals surface area contributed by atoms with Crippen LogP contribution in [0.2, 0.25) is 0 Å². The number of aryl methyl sites for hydroxylation is 1. The average Bonchev–Trinajstić information content (AvgIpc) is 2.45. The Morgan fingerprint density at radius 1 is 1.20 bits per heavy atom. The predicted molar refractivity (Wildman–Crippen MR) is 77.3 cm³/mol. The minimum atomic E-state index is -0.649. The molecular weight excluding hydrogens is 278 g/mol. The highest BCUT2D eigenvalue weighted by Crippen LogP contribution is 2.07. The predicted octanol–water partition coefficient (Wildman–Crippen LogP) is 1.93. The molecule has 0 aliphatic heterocycles. The highest BCUT2D eigenvalue weighted by Gasteiger charge is 2.06. The molecule has 0 saturated carbocycles. The van der Waals surface area contributed by atoms with Gasteiger partial charge in [-0.15, -0.1) is 0 Å². The number of nitrogens with one attached hydrogen (secondary N) is 1. The quantitative estimate of drug-likeness (QED) is 0.663. The van der Waals surface area contributed by atoms with Crippen LogP contribution in [0.25, 0.3) is 0 Å². The Labute approximate surface area is 121 Å². The Kier molecular flexibility index (Phi) is 7.13. The van der Waals surface area contributed by atoms with Gasteiger partial charge in [0.25, 0.3) is 11.1 Å². The van der Waals surface area contributed by atoms with Crippen molar-refractivity contribution in [2.45, 2.75) is 6.42 Å². The number of benzene rings is 1. The molecule has 0 aliphatic rings. The number of ether oxygens (including phenoxy) is 1. The molecule has 1 aromatic rings. The maximum atomic E-state index is 11.4. The lowest BCUT2D eigenvalue weighted by molar-refractivity contribution is -0.135. The molecule has 6 heteroatoms. The topological polar surface area (TPSA) is 72.5 Å². The van der Waals surface area contributed by atoms with E-state index < -0.39 is 17.1 Å². The molecule has 0 aliphatic carbocycles. The number of carbonyl (C=O) groups excluding carboxylic acids is 3. The number of methoxy groups -OCH3 is 1. The van der Waals surface area contributed by atoms with Gasteiger partial charge in [0, 0.05) is 17.9 Å². The van der Waals surface area contributed by atoms with Crippen molar-refractivity contribution in [3.05, 3.63) is 48.0 Å². The summed E-state index contributed by atoms with van der Waals surface area (Å²) in [6.45, 7) is 0. The maximum absolute atomic E-state index is 11.4. The van der Waals surface area contributed by atoms with Gasteiger partial charge in [-0.05, 0) is 12.0 Å². The van der Waals surface area contributed by atoms with Crippen molar-refractivity contribution in [2.24, 2.45) is 0 Å². The minimum absolute atomic E-state index is 0.444. The molecule has 106 valence electrons. The molecule has 0 bridgehead atoms. The number of esters is 1. The fourth-order valence-corrected chi connectivity index (χ4v) is 1.99. The number of hydrogen-bond donors (Lipinski definition) is 1.